The van der Waals surface area contributed by atoms with E-state index in [1.165, 1.54) is 0 Å². The number of halogens is 1. The monoisotopic (exact) mass is 270 g/mol. The Balaban J connectivity index is 2.67. The van der Waals surface area contributed by atoms with Crippen LogP contribution in [0, 0.1) is 6.92 Å². The smallest absolute Gasteiger partial charge is 0.313 e. The number of carbonyl (C=O) groups excluding carboxylic acids is 2. The van der Waals surface area contributed by atoms with E-state index in [0.29, 0.717) is 10.7 Å². The number of nitrogens with one attached hydrogen (secondary N) is 2. The summed E-state index contributed by atoms with van der Waals surface area (Å²) in [6.07, 6.45) is 0. The zero-order valence-electron chi connectivity index (χ0n) is 10.2. The maximum Gasteiger partial charge on any atom is 0.313 e. The molecule has 0 aromatic heterocycles. The second kappa shape index (κ2) is 6.37. The van der Waals surface area contributed by atoms with E-state index in [-0.39, 0.29) is 6.61 Å². The molecule has 0 heterocycles. The van der Waals surface area contributed by atoms with Gasteiger partial charge in [-0.3, -0.25) is 9.59 Å². The second-order valence-electron chi connectivity index (χ2n) is 3.99. The summed E-state index contributed by atoms with van der Waals surface area (Å²) >= 11 is 5.92. The van der Waals surface area contributed by atoms with Crippen molar-refractivity contribution < 1.29 is 14.7 Å². The van der Waals surface area contributed by atoms with E-state index in [1.54, 1.807) is 25.1 Å². The van der Waals surface area contributed by atoms with E-state index in [1.807, 2.05) is 6.92 Å². The fraction of sp³-hybridized carbons (Fsp3) is 0.333. The zero-order chi connectivity index (χ0) is 13.7. The quantitative estimate of drug-likeness (QED) is 0.720. The number of aryl methyl sites for hydroxylation is 1. The van der Waals surface area contributed by atoms with Gasteiger partial charge in [0, 0.05) is 6.04 Å². The first kappa shape index (κ1) is 14.5. The Morgan fingerprint density at radius 2 is 2.06 bits per heavy atom. The van der Waals surface area contributed by atoms with Gasteiger partial charge in [0.1, 0.15) is 0 Å². The molecule has 0 aliphatic heterocycles. The Bertz CT molecular complexity index is 463. The minimum absolute atomic E-state index is 0.232. The van der Waals surface area contributed by atoms with E-state index in [4.69, 9.17) is 16.7 Å². The third-order valence-corrected chi connectivity index (χ3v) is 2.54. The minimum atomic E-state index is -0.818. The number of anilines is 1. The van der Waals surface area contributed by atoms with Crippen molar-refractivity contribution in [1.29, 1.82) is 0 Å². The lowest BCUT2D eigenvalue weighted by Gasteiger charge is -2.11. The number of amides is 2. The highest BCUT2D eigenvalue weighted by Crippen LogP contribution is 2.22. The maximum absolute atomic E-state index is 11.5. The molecule has 0 saturated heterocycles. The van der Waals surface area contributed by atoms with Gasteiger partial charge in [-0.15, -0.1) is 0 Å². The van der Waals surface area contributed by atoms with Crippen LogP contribution in [0.2, 0.25) is 5.02 Å². The van der Waals surface area contributed by atoms with Crippen molar-refractivity contribution in [2.24, 2.45) is 0 Å². The largest absolute Gasteiger partial charge is 0.394 e. The molecule has 5 nitrogen and oxygen atoms in total. The highest BCUT2D eigenvalue weighted by Gasteiger charge is 2.16. The van der Waals surface area contributed by atoms with Crippen molar-refractivity contribution in [3.8, 4) is 0 Å². The molecule has 1 aromatic carbocycles. The summed E-state index contributed by atoms with van der Waals surface area (Å²) in [6.45, 7) is 3.22. The standard InChI is InChI=1S/C12H15ClN2O3/c1-7-3-4-10(9(13)5-7)15-12(18)11(17)14-8(2)6-16/h3-5,8,16H,6H2,1-2H3,(H,14,17)(H,15,18). The maximum atomic E-state index is 11.5. The molecule has 1 aromatic rings. The summed E-state index contributed by atoms with van der Waals surface area (Å²) in [5, 5.41) is 13.9. The number of carbonyl (C=O) groups is 2. The topological polar surface area (TPSA) is 78.4 Å². The van der Waals surface area contributed by atoms with Crippen LogP contribution >= 0.6 is 11.6 Å². The van der Waals surface area contributed by atoms with Gasteiger partial charge in [0.05, 0.1) is 17.3 Å². The molecular formula is C12H15ClN2O3. The normalized spacial score (nSPS) is 11.8. The molecular weight excluding hydrogens is 256 g/mol. The molecule has 18 heavy (non-hydrogen) atoms. The van der Waals surface area contributed by atoms with Crippen molar-refractivity contribution >= 4 is 29.1 Å². The van der Waals surface area contributed by atoms with E-state index < -0.39 is 17.9 Å². The van der Waals surface area contributed by atoms with Gasteiger partial charge in [0.2, 0.25) is 0 Å². The number of hydrogen-bond acceptors (Lipinski definition) is 3. The SMILES string of the molecule is Cc1ccc(NC(=O)C(=O)NC(C)CO)c(Cl)c1. The van der Waals surface area contributed by atoms with Crippen molar-refractivity contribution in [2.75, 3.05) is 11.9 Å². The van der Waals surface area contributed by atoms with Crippen LogP contribution in [0.1, 0.15) is 12.5 Å². The van der Waals surface area contributed by atoms with Crippen LogP contribution < -0.4 is 10.6 Å². The minimum Gasteiger partial charge on any atom is -0.394 e. The molecule has 6 heteroatoms. The Morgan fingerprint density at radius 1 is 1.39 bits per heavy atom. The van der Waals surface area contributed by atoms with Crippen LogP contribution in [0.3, 0.4) is 0 Å². The van der Waals surface area contributed by atoms with Crippen LogP contribution in [-0.4, -0.2) is 29.6 Å². The summed E-state index contributed by atoms with van der Waals surface area (Å²) in [5.74, 6) is -1.63. The van der Waals surface area contributed by atoms with Gasteiger partial charge >= 0.3 is 11.8 Å². The average Bonchev–Trinajstić information content (AvgIpc) is 2.32. The third kappa shape index (κ3) is 4.01. The second-order valence-corrected chi connectivity index (χ2v) is 4.40. The molecule has 0 aliphatic carbocycles. The van der Waals surface area contributed by atoms with Crippen LogP contribution in [0.25, 0.3) is 0 Å². The number of aliphatic hydroxyl groups is 1. The van der Waals surface area contributed by atoms with Gasteiger partial charge < -0.3 is 15.7 Å². The van der Waals surface area contributed by atoms with Crippen LogP contribution in [0.5, 0.6) is 0 Å². The van der Waals surface area contributed by atoms with Crippen molar-refractivity contribution in [2.45, 2.75) is 19.9 Å². The molecule has 0 spiro atoms. The van der Waals surface area contributed by atoms with Gasteiger partial charge in [0.15, 0.2) is 0 Å². The van der Waals surface area contributed by atoms with Crippen molar-refractivity contribution in [1.82, 2.24) is 5.32 Å². The number of hydrogen-bond donors (Lipinski definition) is 3. The summed E-state index contributed by atoms with van der Waals surface area (Å²) < 4.78 is 0. The van der Waals surface area contributed by atoms with E-state index in [9.17, 15) is 9.59 Å². The van der Waals surface area contributed by atoms with Gasteiger partial charge in [-0.05, 0) is 31.5 Å². The lowest BCUT2D eigenvalue weighted by molar-refractivity contribution is -0.136. The van der Waals surface area contributed by atoms with Crippen LogP contribution in [0.4, 0.5) is 5.69 Å². The summed E-state index contributed by atoms with van der Waals surface area (Å²) in [6, 6.07) is 4.61. The molecule has 1 atom stereocenters. The van der Waals surface area contributed by atoms with E-state index in [2.05, 4.69) is 10.6 Å². The first-order valence-electron chi connectivity index (χ1n) is 5.43. The zero-order valence-corrected chi connectivity index (χ0v) is 10.9. The fourth-order valence-corrected chi connectivity index (χ4v) is 1.52. The van der Waals surface area contributed by atoms with Gasteiger partial charge in [-0.25, -0.2) is 0 Å². The molecule has 0 bridgehead atoms. The summed E-state index contributed by atoms with van der Waals surface area (Å²) in [5.41, 5.74) is 1.33. The molecule has 3 N–H and O–H groups in total. The molecule has 98 valence electrons. The summed E-state index contributed by atoms with van der Waals surface area (Å²) in [7, 11) is 0. The number of aliphatic hydroxyl groups excluding tert-OH is 1. The third-order valence-electron chi connectivity index (χ3n) is 2.23. The predicted octanol–water partition coefficient (Wildman–Crippen LogP) is 1.08. The Hall–Kier alpha value is -1.59. The highest BCUT2D eigenvalue weighted by molar-refractivity contribution is 6.41. The lowest BCUT2D eigenvalue weighted by atomic mass is 10.2. The Labute approximate surface area is 110 Å². The molecule has 0 aliphatic rings. The van der Waals surface area contributed by atoms with Crippen molar-refractivity contribution in [3.05, 3.63) is 28.8 Å². The summed E-state index contributed by atoms with van der Waals surface area (Å²) in [4.78, 5) is 23.0. The Morgan fingerprint density at radius 3 is 2.61 bits per heavy atom. The van der Waals surface area contributed by atoms with Crippen LogP contribution in [-0.2, 0) is 9.59 Å². The van der Waals surface area contributed by atoms with Gasteiger partial charge in [0.25, 0.3) is 0 Å². The fourth-order valence-electron chi connectivity index (χ4n) is 1.24. The Kier molecular flexibility index (Phi) is 5.12. The van der Waals surface area contributed by atoms with Gasteiger partial charge in [-0.2, -0.15) is 0 Å². The van der Waals surface area contributed by atoms with E-state index in [0.717, 1.165) is 5.56 Å². The molecule has 1 rings (SSSR count). The first-order chi connectivity index (χ1) is 8.43. The van der Waals surface area contributed by atoms with Gasteiger partial charge in [-0.1, -0.05) is 17.7 Å². The molecule has 0 saturated carbocycles. The molecule has 0 fully saturated rings. The average molecular weight is 271 g/mol. The first-order valence-corrected chi connectivity index (χ1v) is 5.80. The number of rotatable bonds is 3. The lowest BCUT2D eigenvalue weighted by Crippen LogP contribution is -2.42. The molecule has 1 unspecified atom stereocenters. The van der Waals surface area contributed by atoms with Crippen molar-refractivity contribution in [3.63, 3.8) is 0 Å². The predicted molar refractivity (Wildman–Crippen MR) is 69.5 cm³/mol. The van der Waals surface area contributed by atoms with E-state index >= 15 is 0 Å². The molecule has 2 amide bonds. The van der Waals surface area contributed by atoms with Crippen LogP contribution in [0.15, 0.2) is 18.2 Å². The highest BCUT2D eigenvalue weighted by atomic mass is 35.5. The molecule has 0 radical (unpaired) electrons. The number of benzene rings is 1.